The van der Waals surface area contributed by atoms with E-state index in [9.17, 15) is 0 Å². The summed E-state index contributed by atoms with van der Waals surface area (Å²) in [6, 6.07) is 75.7. The number of aromatic nitrogens is 2. The van der Waals surface area contributed by atoms with Crippen molar-refractivity contribution in [2.24, 2.45) is 0 Å². The highest BCUT2D eigenvalue weighted by Crippen LogP contribution is 2.44. The molecule has 56 heavy (non-hydrogen) atoms. The van der Waals surface area contributed by atoms with Crippen LogP contribution < -0.4 is 0 Å². The predicted molar refractivity (Wildman–Crippen MR) is 239 cm³/mol. The third kappa shape index (κ3) is 4.38. The van der Waals surface area contributed by atoms with E-state index in [-0.39, 0.29) is 0 Å². The molecule has 2 heterocycles. The van der Waals surface area contributed by atoms with E-state index in [1.54, 1.807) is 0 Å². The Hall–Kier alpha value is -7.42. The van der Waals surface area contributed by atoms with Crippen LogP contribution in [0.25, 0.3) is 110 Å². The van der Waals surface area contributed by atoms with Gasteiger partial charge in [0.15, 0.2) is 0 Å². The van der Waals surface area contributed by atoms with E-state index in [2.05, 4.69) is 215 Å². The van der Waals surface area contributed by atoms with Gasteiger partial charge in [0.1, 0.15) is 0 Å². The van der Waals surface area contributed by atoms with E-state index in [0.717, 1.165) is 0 Å². The molecular weight excluding hydrogens is 677 g/mol. The first kappa shape index (κ1) is 31.0. The van der Waals surface area contributed by atoms with Gasteiger partial charge in [0.25, 0.3) is 0 Å². The van der Waals surface area contributed by atoms with Crippen molar-refractivity contribution < 1.29 is 0 Å². The molecule has 0 aliphatic rings. The second-order valence-corrected chi connectivity index (χ2v) is 14.8. The lowest BCUT2D eigenvalue weighted by Crippen LogP contribution is -1.97. The number of para-hydroxylation sites is 4. The van der Waals surface area contributed by atoms with E-state index in [4.69, 9.17) is 0 Å². The summed E-state index contributed by atoms with van der Waals surface area (Å²) in [5, 5.41) is 12.5. The maximum absolute atomic E-state index is 2.44. The molecule has 260 valence electrons. The average Bonchev–Trinajstić information content (AvgIpc) is 3.78. The van der Waals surface area contributed by atoms with Crippen molar-refractivity contribution >= 4 is 75.9 Å². The second-order valence-electron chi connectivity index (χ2n) is 14.8. The molecule has 0 N–H and O–H groups in total. The van der Waals surface area contributed by atoms with Crippen LogP contribution in [0.3, 0.4) is 0 Å². The highest BCUT2D eigenvalue weighted by atomic mass is 15.0. The lowest BCUT2D eigenvalue weighted by molar-refractivity contribution is 1.20. The maximum Gasteiger partial charge on any atom is 0.0541 e. The highest BCUT2D eigenvalue weighted by Gasteiger charge is 2.19. The molecule has 0 bridgehead atoms. The Morgan fingerprint density at radius 1 is 0.179 bits per heavy atom. The minimum atomic E-state index is 1.19. The Bertz CT molecular complexity index is 3200. The average molecular weight is 711 g/mol. The summed E-state index contributed by atoms with van der Waals surface area (Å²) >= 11 is 0. The third-order valence-corrected chi connectivity index (χ3v) is 11.9. The zero-order chi connectivity index (χ0) is 36.7. The molecule has 2 nitrogen and oxygen atoms in total. The van der Waals surface area contributed by atoms with Crippen molar-refractivity contribution in [1.29, 1.82) is 0 Å². The maximum atomic E-state index is 2.44. The van der Waals surface area contributed by atoms with E-state index in [1.165, 1.54) is 110 Å². The monoisotopic (exact) mass is 710 g/mol. The molecule has 0 amide bonds. The molecule has 12 aromatic rings. The van der Waals surface area contributed by atoms with Crippen molar-refractivity contribution in [2.45, 2.75) is 0 Å². The van der Waals surface area contributed by atoms with E-state index >= 15 is 0 Å². The lowest BCUT2D eigenvalue weighted by atomic mass is 9.88. The number of benzene rings is 10. The molecule has 0 saturated heterocycles. The molecule has 0 aliphatic heterocycles. The zero-order valence-electron chi connectivity index (χ0n) is 30.5. The first-order valence-electron chi connectivity index (χ1n) is 19.4. The van der Waals surface area contributed by atoms with Gasteiger partial charge in [-0.1, -0.05) is 170 Å². The van der Waals surface area contributed by atoms with E-state index in [1.807, 2.05) is 0 Å². The van der Waals surface area contributed by atoms with Gasteiger partial charge in [-0.05, 0) is 80.2 Å². The quantitative estimate of drug-likeness (QED) is 0.172. The summed E-state index contributed by atoms with van der Waals surface area (Å²) in [6.07, 6.45) is 0. The standard InChI is InChI=1S/C54H34N2/c1-2-16-36-35(15-1)39(41-31-33-53(43-19-5-3-17-37(41)43)55-49-25-11-7-21-45(49)46-22-8-12-26-50(46)55)29-30-40(36)42-32-34-54(44-20-6-4-18-38(42)44)56-51-27-13-9-23-47(51)48-24-10-14-28-52(48)56/h1-34H. The number of fused-ring (bicyclic) bond motifs is 9. The molecule has 2 heteroatoms. The largest absolute Gasteiger partial charge is 0.309 e. The Labute approximate surface area is 323 Å². The van der Waals surface area contributed by atoms with Crippen LogP contribution in [0, 0.1) is 0 Å². The van der Waals surface area contributed by atoms with Crippen molar-refractivity contribution in [2.75, 3.05) is 0 Å². The normalized spacial score (nSPS) is 11.9. The molecule has 0 fully saturated rings. The van der Waals surface area contributed by atoms with Crippen LogP contribution in [0.4, 0.5) is 0 Å². The smallest absolute Gasteiger partial charge is 0.0541 e. The Balaban J connectivity index is 1.06. The highest BCUT2D eigenvalue weighted by molar-refractivity contribution is 6.16. The minimum absolute atomic E-state index is 1.19. The van der Waals surface area contributed by atoms with Gasteiger partial charge in [-0.3, -0.25) is 0 Å². The van der Waals surface area contributed by atoms with Crippen LogP contribution in [0.15, 0.2) is 206 Å². The fourth-order valence-corrected chi connectivity index (χ4v) is 9.56. The van der Waals surface area contributed by atoms with Crippen LogP contribution in [0.5, 0.6) is 0 Å². The fraction of sp³-hybridized carbons (Fsp3) is 0. The van der Waals surface area contributed by atoms with Gasteiger partial charge in [0.05, 0.1) is 33.4 Å². The van der Waals surface area contributed by atoms with Crippen molar-refractivity contribution in [1.82, 2.24) is 9.13 Å². The van der Waals surface area contributed by atoms with E-state index in [0.29, 0.717) is 0 Å². The minimum Gasteiger partial charge on any atom is -0.309 e. The molecule has 0 spiro atoms. The first-order valence-corrected chi connectivity index (χ1v) is 19.4. The number of nitrogens with zero attached hydrogens (tertiary/aromatic N) is 2. The number of hydrogen-bond donors (Lipinski definition) is 0. The van der Waals surface area contributed by atoms with Gasteiger partial charge < -0.3 is 9.13 Å². The van der Waals surface area contributed by atoms with E-state index < -0.39 is 0 Å². The summed E-state index contributed by atoms with van der Waals surface area (Å²) < 4.78 is 4.87. The summed E-state index contributed by atoms with van der Waals surface area (Å²) in [7, 11) is 0. The first-order chi connectivity index (χ1) is 27.8. The van der Waals surface area contributed by atoms with Gasteiger partial charge >= 0.3 is 0 Å². The fourth-order valence-electron chi connectivity index (χ4n) is 9.56. The molecule has 0 saturated carbocycles. The lowest BCUT2D eigenvalue weighted by Gasteiger charge is -2.18. The van der Waals surface area contributed by atoms with Gasteiger partial charge in [-0.25, -0.2) is 0 Å². The van der Waals surface area contributed by atoms with Gasteiger partial charge in [-0.2, -0.15) is 0 Å². The predicted octanol–water partition coefficient (Wildman–Crippen LogP) is 14.7. The topological polar surface area (TPSA) is 9.86 Å². The summed E-state index contributed by atoms with van der Waals surface area (Å²) in [5.41, 5.74) is 12.2. The van der Waals surface area contributed by atoms with Gasteiger partial charge in [-0.15, -0.1) is 0 Å². The zero-order valence-corrected chi connectivity index (χ0v) is 30.5. The van der Waals surface area contributed by atoms with Gasteiger partial charge in [0, 0.05) is 32.3 Å². The van der Waals surface area contributed by atoms with Crippen LogP contribution in [-0.2, 0) is 0 Å². The SMILES string of the molecule is c1ccc2c(-c3ccc(-n4c5ccccc5c5ccccc54)c4ccccc34)ccc(-c3ccc(-n4c5ccccc5c5ccccc54)c4ccccc34)c2c1. The van der Waals surface area contributed by atoms with Crippen LogP contribution in [0.2, 0.25) is 0 Å². The Morgan fingerprint density at radius 2 is 0.393 bits per heavy atom. The molecule has 12 rings (SSSR count). The second kappa shape index (κ2) is 12.0. The third-order valence-electron chi connectivity index (χ3n) is 11.9. The molecule has 0 aliphatic carbocycles. The molecule has 2 aromatic heterocycles. The van der Waals surface area contributed by atoms with Crippen molar-refractivity contribution in [3.63, 3.8) is 0 Å². The molecule has 0 radical (unpaired) electrons. The molecule has 0 unspecified atom stereocenters. The van der Waals surface area contributed by atoms with Crippen LogP contribution >= 0.6 is 0 Å². The molecule has 0 atom stereocenters. The summed E-state index contributed by atoms with van der Waals surface area (Å²) in [6.45, 7) is 0. The Morgan fingerprint density at radius 3 is 0.696 bits per heavy atom. The Kier molecular flexibility index (Phi) is 6.66. The molecule has 10 aromatic carbocycles. The summed E-state index contributed by atoms with van der Waals surface area (Å²) in [4.78, 5) is 0. The van der Waals surface area contributed by atoms with Crippen molar-refractivity contribution in [3.8, 4) is 33.6 Å². The van der Waals surface area contributed by atoms with Crippen LogP contribution in [0.1, 0.15) is 0 Å². The number of hydrogen-bond acceptors (Lipinski definition) is 0. The number of rotatable bonds is 4. The van der Waals surface area contributed by atoms with Crippen molar-refractivity contribution in [3.05, 3.63) is 206 Å². The summed E-state index contributed by atoms with van der Waals surface area (Å²) in [5.74, 6) is 0. The molecular formula is C54H34N2. The van der Waals surface area contributed by atoms with Gasteiger partial charge in [0.2, 0.25) is 0 Å². The van der Waals surface area contributed by atoms with Crippen LogP contribution in [-0.4, -0.2) is 9.13 Å².